The molecule has 2 heterocycles. The second-order valence-corrected chi connectivity index (χ2v) is 9.62. The fourth-order valence-corrected chi connectivity index (χ4v) is 5.83. The minimum atomic E-state index is 1.01. The molecule has 2 nitrogen and oxygen atoms in total. The molecule has 0 saturated carbocycles. The zero-order chi connectivity index (χ0) is 23.6. The SMILES string of the molecule is Cc1cc(C)c(-c2cnc3c4ccccc4c4cc(-c5c(C)cccc5C)ccc4n23)c(C)c1. The first-order valence-electron chi connectivity index (χ1n) is 11.9. The van der Waals surface area contributed by atoms with Gasteiger partial charge in [0.2, 0.25) is 0 Å². The van der Waals surface area contributed by atoms with E-state index in [-0.39, 0.29) is 0 Å². The van der Waals surface area contributed by atoms with Crippen LogP contribution in [0.25, 0.3) is 49.7 Å². The molecular formula is C32H28N2. The van der Waals surface area contributed by atoms with Crippen LogP contribution in [-0.2, 0) is 0 Å². The first kappa shape index (κ1) is 20.7. The highest BCUT2D eigenvalue weighted by atomic mass is 15.0. The van der Waals surface area contributed by atoms with Crippen LogP contribution in [0, 0.1) is 34.6 Å². The summed E-state index contributed by atoms with van der Waals surface area (Å²) in [6.07, 6.45) is 2.05. The lowest BCUT2D eigenvalue weighted by Gasteiger charge is -2.16. The third kappa shape index (κ3) is 2.99. The zero-order valence-electron chi connectivity index (χ0n) is 20.4. The molecule has 0 aliphatic carbocycles. The van der Waals surface area contributed by atoms with E-state index in [1.165, 1.54) is 66.2 Å². The average Bonchev–Trinajstić information content (AvgIpc) is 3.23. The Kier molecular flexibility index (Phi) is 4.60. The van der Waals surface area contributed by atoms with Crippen molar-refractivity contribution in [3.05, 3.63) is 107 Å². The summed E-state index contributed by atoms with van der Waals surface area (Å²) in [4.78, 5) is 4.95. The van der Waals surface area contributed by atoms with Gasteiger partial charge in [-0.05, 0) is 85.5 Å². The van der Waals surface area contributed by atoms with Crippen LogP contribution in [0.5, 0.6) is 0 Å². The zero-order valence-corrected chi connectivity index (χ0v) is 20.4. The van der Waals surface area contributed by atoms with Gasteiger partial charge in [0, 0.05) is 16.3 Å². The van der Waals surface area contributed by atoms with Crippen LogP contribution in [0.1, 0.15) is 27.8 Å². The summed E-state index contributed by atoms with van der Waals surface area (Å²) in [6, 6.07) is 26.6. The average molecular weight is 441 g/mol. The number of pyridine rings is 1. The lowest BCUT2D eigenvalue weighted by molar-refractivity contribution is 1.24. The van der Waals surface area contributed by atoms with Crippen LogP contribution in [-0.4, -0.2) is 9.38 Å². The van der Waals surface area contributed by atoms with Crippen LogP contribution < -0.4 is 0 Å². The number of nitrogens with zero attached hydrogens (tertiary/aromatic N) is 2. The molecule has 2 heteroatoms. The molecule has 0 N–H and O–H groups in total. The number of aromatic nitrogens is 2. The molecule has 0 radical (unpaired) electrons. The van der Waals surface area contributed by atoms with Crippen molar-refractivity contribution in [1.82, 2.24) is 9.38 Å². The van der Waals surface area contributed by atoms with Gasteiger partial charge in [-0.2, -0.15) is 0 Å². The summed E-state index contributed by atoms with van der Waals surface area (Å²) in [5.41, 5.74) is 13.7. The van der Waals surface area contributed by atoms with Crippen molar-refractivity contribution in [2.45, 2.75) is 34.6 Å². The minimum absolute atomic E-state index is 1.01. The molecule has 6 rings (SSSR count). The molecule has 34 heavy (non-hydrogen) atoms. The van der Waals surface area contributed by atoms with E-state index in [1.807, 2.05) is 6.20 Å². The van der Waals surface area contributed by atoms with Gasteiger partial charge in [-0.3, -0.25) is 4.40 Å². The maximum absolute atomic E-state index is 4.95. The van der Waals surface area contributed by atoms with Crippen molar-refractivity contribution in [3.8, 4) is 22.4 Å². The van der Waals surface area contributed by atoms with Crippen LogP contribution >= 0.6 is 0 Å². The maximum atomic E-state index is 4.95. The van der Waals surface area contributed by atoms with Crippen molar-refractivity contribution in [1.29, 1.82) is 0 Å². The molecule has 0 unspecified atom stereocenters. The number of fused-ring (bicyclic) bond motifs is 6. The van der Waals surface area contributed by atoms with E-state index in [1.54, 1.807) is 0 Å². The fraction of sp³-hybridized carbons (Fsp3) is 0.156. The summed E-state index contributed by atoms with van der Waals surface area (Å²) < 4.78 is 2.36. The van der Waals surface area contributed by atoms with Gasteiger partial charge < -0.3 is 0 Å². The highest BCUT2D eigenvalue weighted by molar-refractivity contribution is 6.13. The van der Waals surface area contributed by atoms with Crippen molar-refractivity contribution in [2.75, 3.05) is 0 Å². The number of hydrogen-bond acceptors (Lipinski definition) is 1. The number of benzene rings is 4. The Morgan fingerprint density at radius 2 is 1.26 bits per heavy atom. The normalized spacial score (nSPS) is 11.7. The molecule has 0 amide bonds. The molecule has 0 spiro atoms. The minimum Gasteiger partial charge on any atom is -0.292 e. The van der Waals surface area contributed by atoms with E-state index >= 15 is 0 Å². The monoisotopic (exact) mass is 440 g/mol. The quantitative estimate of drug-likeness (QED) is 0.247. The standard InChI is InChI=1S/C32H28N2/c1-19-15-22(4)31(23(5)16-19)29-18-33-32-26-12-7-6-11-25(26)27-17-24(13-14-28(27)34(29)32)30-20(2)9-8-10-21(30)3/h6-18H,1-5H3. The molecule has 6 aromatic rings. The largest absolute Gasteiger partial charge is 0.292 e. The Bertz CT molecular complexity index is 1710. The first-order chi connectivity index (χ1) is 16.4. The second-order valence-electron chi connectivity index (χ2n) is 9.62. The molecule has 0 bridgehead atoms. The van der Waals surface area contributed by atoms with E-state index < -0.39 is 0 Å². The molecule has 0 atom stereocenters. The lowest BCUT2D eigenvalue weighted by atomic mass is 9.93. The van der Waals surface area contributed by atoms with E-state index in [9.17, 15) is 0 Å². The van der Waals surface area contributed by atoms with Gasteiger partial charge in [0.15, 0.2) is 0 Å². The summed E-state index contributed by atoms with van der Waals surface area (Å²) in [7, 11) is 0. The Morgan fingerprint density at radius 1 is 0.588 bits per heavy atom. The molecule has 2 aromatic heterocycles. The van der Waals surface area contributed by atoms with Gasteiger partial charge in [-0.25, -0.2) is 4.98 Å². The predicted octanol–water partition coefficient (Wildman–Crippen LogP) is 8.52. The summed E-state index contributed by atoms with van der Waals surface area (Å²) in [6.45, 7) is 11.0. The predicted molar refractivity (Wildman–Crippen MR) is 145 cm³/mol. The van der Waals surface area contributed by atoms with Crippen LogP contribution in [0.15, 0.2) is 79.0 Å². The van der Waals surface area contributed by atoms with Crippen molar-refractivity contribution in [3.63, 3.8) is 0 Å². The molecule has 166 valence electrons. The van der Waals surface area contributed by atoms with Crippen molar-refractivity contribution in [2.24, 2.45) is 0 Å². The topological polar surface area (TPSA) is 17.3 Å². The van der Waals surface area contributed by atoms with Crippen LogP contribution in [0.4, 0.5) is 0 Å². The highest BCUT2D eigenvalue weighted by Gasteiger charge is 2.18. The van der Waals surface area contributed by atoms with E-state index in [0.717, 1.165) is 11.3 Å². The first-order valence-corrected chi connectivity index (χ1v) is 11.9. The van der Waals surface area contributed by atoms with E-state index in [2.05, 4.69) is 112 Å². The smallest absolute Gasteiger partial charge is 0.145 e. The third-order valence-electron chi connectivity index (χ3n) is 7.16. The molecule has 0 saturated heterocycles. The Balaban J connectivity index is 1.76. The summed E-state index contributed by atoms with van der Waals surface area (Å²) >= 11 is 0. The number of imidazole rings is 1. The third-order valence-corrected chi connectivity index (χ3v) is 7.16. The summed E-state index contributed by atoms with van der Waals surface area (Å²) in [5.74, 6) is 0. The van der Waals surface area contributed by atoms with Crippen LogP contribution in [0.2, 0.25) is 0 Å². The number of hydrogen-bond donors (Lipinski definition) is 0. The van der Waals surface area contributed by atoms with Gasteiger partial charge in [-0.1, -0.05) is 66.2 Å². The van der Waals surface area contributed by atoms with E-state index in [0.29, 0.717) is 0 Å². The van der Waals surface area contributed by atoms with Gasteiger partial charge in [0.1, 0.15) is 5.65 Å². The van der Waals surface area contributed by atoms with Crippen molar-refractivity contribution < 1.29 is 0 Å². The number of aryl methyl sites for hydroxylation is 5. The van der Waals surface area contributed by atoms with Gasteiger partial charge in [-0.15, -0.1) is 0 Å². The second kappa shape index (κ2) is 7.56. The molecule has 4 aromatic carbocycles. The Hall–Kier alpha value is -3.91. The number of rotatable bonds is 2. The maximum Gasteiger partial charge on any atom is 0.145 e. The molecular weight excluding hydrogens is 412 g/mol. The highest BCUT2D eigenvalue weighted by Crippen LogP contribution is 2.38. The van der Waals surface area contributed by atoms with Gasteiger partial charge in [0.05, 0.1) is 17.4 Å². The van der Waals surface area contributed by atoms with Gasteiger partial charge in [0.25, 0.3) is 0 Å². The lowest BCUT2D eigenvalue weighted by Crippen LogP contribution is -1.98. The van der Waals surface area contributed by atoms with Crippen LogP contribution in [0.3, 0.4) is 0 Å². The fourth-order valence-electron chi connectivity index (χ4n) is 5.83. The van der Waals surface area contributed by atoms with Crippen molar-refractivity contribution >= 4 is 27.3 Å². The van der Waals surface area contributed by atoms with E-state index in [4.69, 9.17) is 4.98 Å². The van der Waals surface area contributed by atoms with Gasteiger partial charge >= 0.3 is 0 Å². The summed E-state index contributed by atoms with van der Waals surface area (Å²) in [5, 5.41) is 3.68. The molecule has 0 aliphatic heterocycles. The molecule has 0 fully saturated rings. The molecule has 0 aliphatic rings. The Labute approximate surface area is 200 Å². The Morgan fingerprint density at radius 3 is 1.97 bits per heavy atom.